The van der Waals surface area contributed by atoms with Crippen molar-refractivity contribution in [3.8, 4) is 0 Å². The Bertz CT molecular complexity index is 608. The van der Waals surface area contributed by atoms with Crippen LogP contribution in [0.25, 0.3) is 0 Å². The van der Waals surface area contributed by atoms with E-state index >= 15 is 0 Å². The molecule has 0 fully saturated rings. The molecule has 0 saturated heterocycles. The zero-order valence-corrected chi connectivity index (χ0v) is 14.9. The van der Waals surface area contributed by atoms with E-state index in [1.165, 1.54) is 17.8 Å². The zero-order chi connectivity index (χ0) is 15.5. The third-order valence-corrected chi connectivity index (χ3v) is 5.66. The van der Waals surface area contributed by atoms with Crippen LogP contribution in [0.5, 0.6) is 0 Å². The summed E-state index contributed by atoms with van der Waals surface area (Å²) in [7, 11) is 0. The SMILES string of the molecule is CSc1nnc(Sc2ccc(F)cc2CNC(C)(C)C)s1. The Morgan fingerprint density at radius 1 is 1.24 bits per heavy atom. The number of hydrogen-bond donors (Lipinski definition) is 1. The van der Waals surface area contributed by atoms with Gasteiger partial charge in [0.2, 0.25) is 0 Å². The molecule has 1 aromatic carbocycles. The molecule has 0 aliphatic heterocycles. The maximum atomic E-state index is 13.5. The lowest BCUT2D eigenvalue weighted by Gasteiger charge is -2.21. The van der Waals surface area contributed by atoms with E-state index in [0.717, 1.165) is 19.1 Å². The highest BCUT2D eigenvalue weighted by Crippen LogP contribution is 2.35. The largest absolute Gasteiger partial charge is 0.308 e. The van der Waals surface area contributed by atoms with Gasteiger partial charge in [0.15, 0.2) is 8.68 Å². The number of thioether (sulfide) groups is 1. The molecular weight excluding hydrogens is 325 g/mol. The Kier molecular flexibility index (Phi) is 5.65. The highest BCUT2D eigenvalue weighted by Gasteiger charge is 2.13. The van der Waals surface area contributed by atoms with Gasteiger partial charge in [-0.2, -0.15) is 0 Å². The zero-order valence-electron chi connectivity index (χ0n) is 12.4. The molecule has 1 aromatic heterocycles. The summed E-state index contributed by atoms with van der Waals surface area (Å²) in [5.41, 5.74) is 0.930. The standard InChI is InChI=1S/C14H18FN3S3/c1-14(2,3)16-8-9-7-10(15)5-6-11(9)20-13-18-17-12(19-4)21-13/h5-7,16H,8H2,1-4H3. The quantitative estimate of drug-likeness (QED) is 0.813. The highest BCUT2D eigenvalue weighted by molar-refractivity contribution is 8.03. The third kappa shape index (κ3) is 5.25. The van der Waals surface area contributed by atoms with E-state index in [2.05, 4.69) is 36.3 Å². The molecule has 114 valence electrons. The molecule has 7 heteroatoms. The highest BCUT2D eigenvalue weighted by atomic mass is 32.2. The number of aromatic nitrogens is 2. The Hall–Kier alpha value is -0.630. The fourth-order valence-electron chi connectivity index (χ4n) is 1.56. The average Bonchev–Trinajstić information content (AvgIpc) is 2.86. The molecule has 0 radical (unpaired) electrons. The van der Waals surface area contributed by atoms with Crippen LogP contribution in [0.3, 0.4) is 0 Å². The summed E-state index contributed by atoms with van der Waals surface area (Å²) in [4.78, 5) is 1.01. The summed E-state index contributed by atoms with van der Waals surface area (Å²) in [5.74, 6) is -0.216. The minimum absolute atomic E-state index is 0.0109. The predicted molar refractivity (Wildman–Crippen MR) is 88.8 cm³/mol. The predicted octanol–water partition coefficient (Wildman–Crippen LogP) is 4.44. The monoisotopic (exact) mass is 343 g/mol. The lowest BCUT2D eigenvalue weighted by Crippen LogP contribution is -2.35. The van der Waals surface area contributed by atoms with Gasteiger partial charge in [-0.3, -0.25) is 0 Å². The Labute approximate surface area is 137 Å². The third-order valence-electron chi connectivity index (χ3n) is 2.59. The van der Waals surface area contributed by atoms with Gasteiger partial charge in [-0.05, 0) is 50.8 Å². The van der Waals surface area contributed by atoms with Gasteiger partial charge in [0, 0.05) is 17.0 Å². The van der Waals surface area contributed by atoms with Crippen molar-refractivity contribution in [3.05, 3.63) is 29.6 Å². The number of rotatable bonds is 5. The van der Waals surface area contributed by atoms with Gasteiger partial charge >= 0.3 is 0 Å². The topological polar surface area (TPSA) is 37.8 Å². The number of benzene rings is 1. The van der Waals surface area contributed by atoms with Crippen molar-refractivity contribution in [2.45, 2.75) is 46.4 Å². The molecule has 1 N–H and O–H groups in total. The number of halogens is 1. The summed E-state index contributed by atoms with van der Waals surface area (Å²) in [6.45, 7) is 6.90. The Morgan fingerprint density at radius 2 is 1.95 bits per heavy atom. The van der Waals surface area contributed by atoms with Crippen molar-refractivity contribution in [2.24, 2.45) is 0 Å². The van der Waals surface area contributed by atoms with Crippen LogP contribution >= 0.6 is 34.9 Å². The summed E-state index contributed by atoms with van der Waals surface area (Å²) >= 11 is 4.67. The van der Waals surface area contributed by atoms with E-state index in [0.29, 0.717) is 6.54 Å². The van der Waals surface area contributed by atoms with Gasteiger partial charge in [0.25, 0.3) is 0 Å². The smallest absolute Gasteiger partial charge is 0.179 e. The van der Waals surface area contributed by atoms with Crippen molar-refractivity contribution in [3.63, 3.8) is 0 Å². The summed E-state index contributed by atoms with van der Waals surface area (Å²) in [5, 5.41) is 11.6. The molecule has 3 nitrogen and oxygen atoms in total. The average molecular weight is 344 g/mol. The maximum absolute atomic E-state index is 13.5. The fraction of sp³-hybridized carbons (Fsp3) is 0.429. The molecule has 2 aromatic rings. The lowest BCUT2D eigenvalue weighted by molar-refractivity contribution is 0.422. The second kappa shape index (κ2) is 7.09. The Morgan fingerprint density at radius 3 is 2.57 bits per heavy atom. The van der Waals surface area contributed by atoms with Crippen LogP contribution in [0, 0.1) is 5.82 Å². The van der Waals surface area contributed by atoms with Crippen molar-refractivity contribution in [2.75, 3.05) is 6.26 Å². The molecule has 0 aliphatic carbocycles. The van der Waals surface area contributed by atoms with Gasteiger partial charge in [0.1, 0.15) is 5.82 Å². The molecule has 2 rings (SSSR count). The van der Waals surface area contributed by atoms with E-state index in [-0.39, 0.29) is 11.4 Å². The number of nitrogens with one attached hydrogen (secondary N) is 1. The first-order valence-electron chi connectivity index (χ1n) is 6.46. The molecule has 21 heavy (non-hydrogen) atoms. The van der Waals surface area contributed by atoms with Crippen LogP contribution in [-0.2, 0) is 6.54 Å². The van der Waals surface area contributed by atoms with E-state index < -0.39 is 0 Å². The van der Waals surface area contributed by atoms with Crippen LogP contribution in [0.2, 0.25) is 0 Å². The summed E-state index contributed by atoms with van der Waals surface area (Å²) < 4.78 is 15.3. The number of nitrogens with zero attached hydrogens (tertiary/aromatic N) is 2. The van der Waals surface area contributed by atoms with Crippen LogP contribution in [0.4, 0.5) is 4.39 Å². The van der Waals surface area contributed by atoms with Crippen molar-refractivity contribution >= 4 is 34.9 Å². The van der Waals surface area contributed by atoms with Crippen LogP contribution < -0.4 is 5.32 Å². The molecule has 0 spiro atoms. The van der Waals surface area contributed by atoms with Gasteiger partial charge in [-0.25, -0.2) is 4.39 Å². The first-order chi connectivity index (χ1) is 9.87. The van der Waals surface area contributed by atoms with E-state index in [4.69, 9.17) is 0 Å². The second-order valence-electron chi connectivity index (χ2n) is 5.50. The number of hydrogen-bond acceptors (Lipinski definition) is 6. The van der Waals surface area contributed by atoms with Gasteiger partial charge in [-0.1, -0.05) is 34.9 Å². The van der Waals surface area contributed by atoms with Crippen LogP contribution in [-0.4, -0.2) is 22.0 Å². The molecule has 1 heterocycles. The van der Waals surface area contributed by atoms with Gasteiger partial charge < -0.3 is 5.32 Å². The van der Waals surface area contributed by atoms with Crippen molar-refractivity contribution in [1.29, 1.82) is 0 Å². The second-order valence-corrected chi connectivity index (χ2v) is 8.82. The Balaban J connectivity index is 2.17. The maximum Gasteiger partial charge on any atom is 0.179 e. The summed E-state index contributed by atoms with van der Waals surface area (Å²) in [6.07, 6.45) is 1.98. The normalized spacial score (nSPS) is 11.9. The molecular formula is C14H18FN3S3. The first-order valence-corrected chi connectivity index (χ1v) is 9.32. The van der Waals surface area contributed by atoms with Crippen LogP contribution in [0.1, 0.15) is 26.3 Å². The molecule has 0 saturated carbocycles. The first kappa shape index (κ1) is 16.7. The minimum atomic E-state index is -0.216. The van der Waals surface area contributed by atoms with Gasteiger partial charge in [-0.15, -0.1) is 10.2 Å². The van der Waals surface area contributed by atoms with Gasteiger partial charge in [0.05, 0.1) is 0 Å². The van der Waals surface area contributed by atoms with E-state index in [1.807, 2.05) is 6.26 Å². The molecule has 0 unspecified atom stereocenters. The van der Waals surface area contributed by atoms with E-state index in [9.17, 15) is 4.39 Å². The van der Waals surface area contributed by atoms with Crippen molar-refractivity contribution in [1.82, 2.24) is 15.5 Å². The molecule has 0 amide bonds. The summed E-state index contributed by atoms with van der Waals surface area (Å²) in [6, 6.07) is 4.87. The molecule has 0 aliphatic rings. The van der Waals surface area contributed by atoms with Crippen molar-refractivity contribution < 1.29 is 4.39 Å². The van der Waals surface area contributed by atoms with E-state index in [1.54, 1.807) is 35.2 Å². The fourth-order valence-corrected chi connectivity index (χ4v) is 4.07. The lowest BCUT2D eigenvalue weighted by atomic mass is 10.1. The minimum Gasteiger partial charge on any atom is -0.308 e. The molecule has 0 atom stereocenters. The molecule has 0 bridgehead atoms. The van der Waals surface area contributed by atoms with Crippen LogP contribution in [0.15, 0.2) is 31.8 Å².